The van der Waals surface area contributed by atoms with E-state index in [9.17, 15) is 25.3 Å². The molecule has 6 aliphatic heterocycles. The molecule has 3 N–H and O–H groups in total. The monoisotopic (exact) mass is 1020 g/mol. The predicted octanol–water partition coefficient (Wildman–Crippen LogP) is -4.27. The van der Waals surface area contributed by atoms with Crippen LogP contribution in [0.15, 0.2) is 0 Å². The number of halogens is 1. The van der Waals surface area contributed by atoms with E-state index in [1.54, 1.807) is 0 Å². The van der Waals surface area contributed by atoms with E-state index in [1.807, 2.05) is 0 Å². The topological polar surface area (TPSA) is 242 Å². The van der Waals surface area contributed by atoms with Gasteiger partial charge in [0.15, 0.2) is 0 Å². The molecule has 0 aromatic rings. The first-order chi connectivity index (χ1) is 22.4. The molecule has 6 rings (SSSR count). The van der Waals surface area contributed by atoms with Gasteiger partial charge in [-0.15, -0.1) is 0 Å². The van der Waals surface area contributed by atoms with Gasteiger partial charge in [0, 0.05) is 134 Å². The van der Waals surface area contributed by atoms with Crippen LogP contribution in [0, 0.1) is 10.2 Å². The van der Waals surface area contributed by atoms with Gasteiger partial charge in [0.1, 0.15) is 0 Å². The van der Waals surface area contributed by atoms with Gasteiger partial charge in [0.05, 0.1) is 79.3 Å². The number of hydrogen-bond acceptors (Lipinski definition) is 16. The van der Waals surface area contributed by atoms with Crippen molar-refractivity contribution in [3.05, 3.63) is 0 Å². The molecule has 0 spiro atoms. The molecular weight excluding hydrogens is 973 g/mol. The van der Waals surface area contributed by atoms with Crippen molar-refractivity contribution >= 4 is 64.8 Å². The van der Waals surface area contributed by atoms with Crippen LogP contribution in [0.2, 0.25) is 0 Å². The van der Waals surface area contributed by atoms with E-state index in [0.29, 0.717) is 79.3 Å². The molecule has 6 aliphatic rings. The fraction of sp³-hybridized carbons (Fsp3) is 1.00. The van der Waals surface area contributed by atoms with Crippen molar-refractivity contribution in [1.29, 1.82) is 0 Å². The number of hydrogen-bond donors (Lipinski definition) is 3. The Morgan fingerprint density at radius 2 is 0.417 bits per heavy atom. The quantitative estimate of drug-likeness (QED) is 0.195. The molecule has 0 atom stereocenters. The van der Waals surface area contributed by atoms with Gasteiger partial charge in [-0.25, -0.2) is 0 Å². The summed E-state index contributed by atoms with van der Waals surface area (Å²) in [4.78, 5) is 0. The first kappa shape index (κ1) is 51.8. The van der Waals surface area contributed by atoms with E-state index in [0.717, 1.165) is 69.0 Å². The molecule has 0 saturated carbocycles. The zero-order valence-corrected chi connectivity index (χ0v) is 38.3. The molecule has 0 bridgehead atoms. The first-order valence-corrected chi connectivity index (χ1v) is 24.8. The van der Waals surface area contributed by atoms with Crippen LogP contribution in [0.3, 0.4) is 0 Å². The minimum absolute atomic E-state index is 0. The Labute approximate surface area is 320 Å². The van der Waals surface area contributed by atoms with Crippen molar-refractivity contribution in [2.24, 2.45) is 0 Å². The average Bonchev–Trinajstić information content (AvgIpc) is 3.04. The standard InChI is InChI=1S/6C4H8O2S.ClH3O4.Hg/c6*5-7-3-1-6-2-4-7;2-1(3,4)5;/h6*1-4H2;2-4H;/q;;;;;;;+2. The molecule has 0 radical (unpaired) electrons. The molecule has 0 aromatic carbocycles. The summed E-state index contributed by atoms with van der Waals surface area (Å²) in [6.45, 7) is 8.25. The van der Waals surface area contributed by atoms with E-state index >= 15 is 0 Å². The summed E-state index contributed by atoms with van der Waals surface area (Å²) in [5, 5.41) is 0. The molecule has 0 amide bonds. The molecule has 48 heavy (non-hydrogen) atoms. The zero-order chi connectivity index (χ0) is 35.2. The summed E-state index contributed by atoms with van der Waals surface area (Å²) in [6, 6.07) is 0. The van der Waals surface area contributed by atoms with Gasteiger partial charge in [0.25, 0.3) is 0 Å². The van der Waals surface area contributed by atoms with E-state index in [1.165, 1.54) is 0 Å². The first-order valence-electron chi connectivity index (χ1n) is 14.6. The van der Waals surface area contributed by atoms with Crippen LogP contribution in [0.1, 0.15) is 0 Å². The third-order valence-electron chi connectivity index (χ3n) is 5.46. The van der Waals surface area contributed by atoms with Crippen LogP contribution in [0.25, 0.3) is 0 Å². The summed E-state index contributed by atoms with van der Waals surface area (Å²) in [5.41, 5.74) is 0. The Kier molecular flexibility index (Phi) is 38.6. The second kappa shape index (κ2) is 35.7. The normalized spacial score (nSPS) is 23.6. The van der Waals surface area contributed by atoms with Gasteiger partial charge in [-0.2, -0.15) is 0 Å². The summed E-state index contributed by atoms with van der Waals surface area (Å²) < 4.78 is 123. The molecule has 6 heterocycles. The van der Waals surface area contributed by atoms with E-state index in [4.69, 9.17) is 47.1 Å². The van der Waals surface area contributed by atoms with Crippen molar-refractivity contribution in [3.8, 4) is 0 Å². The maximum absolute atomic E-state index is 10.5. The zero-order valence-electron chi connectivity index (χ0n) is 27.2. The molecule has 6 fully saturated rings. The minimum atomic E-state index is -4.19. The van der Waals surface area contributed by atoms with Crippen LogP contribution >= 0.6 is 0 Å². The third kappa shape index (κ3) is 42.1. The fourth-order valence-corrected chi connectivity index (χ4v) is 7.92. The van der Waals surface area contributed by atoms with Gasteiger partial charge in [-0.1, -0.05) is 0 Å². The van der Waals surface area contributed by atoms with Crippen molar-refractivity contribution in [2.45, 2.75) is 0 Å². The van der Waals surface area contributed by atoms with Crippen LogP contribution in [0.5, 0.6) is 0 Å². The number of rotatable bonds is 0. The predicted molar refractivity (Wildman–Crippen MR) is 179 cm³/mol. The fourth-order valence-electron chi connectivity index (χ4n) is 3.05. The second-order valence-corrected chi connectivity index (χ2v) is 20.2. The molecule has 0 aliphatic carbocycles. The van der Waals surface area contributed by atoms with Crippen LogP contribution in [0.4, 0.5) is 0 Å². The maximum atomic E-state index is 10.5. The SMILES string of the molecule is O=S1CCOCC1.O=S1CCOCC1.O=S1CCOCC1.O=S1CCOCC1.O=S1CCOCC1.O=S1CCOCC1.[Hg+2].[O-][Cl+](O)(O)O. The molecule has 0 unspecified atom stereocenters. The molecule has 286 valence electrons. The Hall–Kier alpha value is 1.73. The Bertz CT molecular complexity index is 709. The van der Waals surface area contributed by atoms with Crippen LogP contribution in [-0.2, 0) is 121 Å². The molecule has 24 heteroatoms. The summed E-state index contributed by atoms with van der Waals surface area (Å²) in [6.07, 6.45) is 0. The summed E-state index contributed by atoms with van der Waals surface area (Å²) in [7, 11) is -7.59. The molecule has 0 aromatic heterocycles. The molecule has 6 saturated heterocycles. The van der Waals surface area contributed by atoms with Crippen LogP contribution < -0.4 is 4.66 Å². The van der Waals surface area contributed by atoms with Gasteiger partial charge in [0.2, 0.25) is 0 Å². The number of ether oxygens (including phenoxy) is 6. The molecular formula is C24H51ClHgO16S6+2. The van der Waals surface area contributed by atoms with Crippen LogP contribution in [-0.4, -0.2) is 188 Å². The Morgan fingerprint density at radius 1 is 0.333 bits per heavy atom. The van der Waals surface area contributed by atoms with Crippen molar-refractivity contribution in [2.75, 3.05) is 148 Å². The summed E-state index contributed by atoms with van der Waals surface area (Å²) in [5.74, 6) is 8.83. The van der Waals surface area contributed by atoms with Crippen molar-refractivity contribution < 1.29 is 110 Å². The second-order valence-electron chi connectivity index (χ2n) is 9.20. The van der Waals surface area contributed by atoms with E-state index in [2.05, 4.69) is 0 Å². The van der Waals surface area contributed by atoms with Gasteiger partial charge in [-0.3, -0.25) is 25.3 Å². The van der Waals surface area contributed by atoms with E-state index < -0.39 is 75.0 Å². The van der Waals surface area contributed by atoms with Gasteiger partial charge >= 0.3 is 56.5 Å². The van der Waals surface area contributed by atoms with E-state index in [-0.39, 0.29) is 27.7 Å². The van der Waals surface area contributed by atoms with Gasteiger partial charge in [-0.05, 0) is 0 Å². The third-order valence-corrected chi connectivity index (χ3v) is 12.9. The Morgan fingerprint density at radius 3 is 0.458 bits per heavy atom. The van der Waals surface area contributed by atoms with Gasteiger partial charge < -0.3 is 28.4 Å². The molecule has 16 nitrogen and oxygen atoms in total. The van der Waals surface area contributed by atoms with Crippen molar-refractivity contribution in [3.63, 3.8) is 0 Å². The summed E-state index contributed by atoms with van der Waals surface area (Å²) >= 11 is 0. The Balaban J connectivity index is 0. The average molecular weight is 1020 g/mol. The van der Waals surface area contributed by atoms with Crippen molar-refractivity contribution in [1.82, 2.24) is 0 Å².